The quantitative estimate of drug-likeness (QED) is 0.739. The highest BCUT2D eigenvalue weighted by atomic mass is 16.2. The molecule has 4 nitrogen and oxygen atoms in total. The Bertz CT molecular complexity index is 840. The second kappa shape index (κ2) is 4.58. The summed E-state index contributed by atoms with van der Waals surface area (Å²) in [5.41, 5.74) is 3.42. The first-order valence-corrected chi connectivity index (χ1v) is 7.02. The van der Waals surface area contributed by atoms with Gasteiger partial charge in [0.1, 0.15) is 0 Å². The van der Waals surface area contributed by atoms with Crippen LogP contribution in [0.25, 0.3) is 21.9 Å². The number of carbonyl (C=O) groups is 1. The first-order chi connectivity index (χ1) is 9.88. The molecule has 0 spiro atoms. The highest BCUT2D eigenvalue weighted by molar-refractivity contribution is 6.07. The van der Waals surface area contributed by atoms with Gasteiger partial charge in [-0.3, -0.25) is 9.78 Å². The van der Waals surface area contributed by atoms with Gasteiger partial charge in [0.05, 0.1) is 28.4 Å². The summed E-state index contributed by atoms with van der Waals surface area (Å²) >= 11 is 0. The Kier molecular flexibility index (Phi) is 2.97. The fourth-order valence-corrected chi connectivity index (χ4v) is 2.40. The van der Waals surface area contributed by atoms with Crippen molar-refractivity contribution in [2.45, 2.75) is 20.8 Å². The maximum atomic E-state index is 12.1. The van der Waals surface area contributed by atoms with Crippen molar-refractivity contribution in [3.8, 4) is 0 Å². The highest BCUT2D eigenvalue weighted by Crippen LogP contribution is 2.28. The van der Waals surface area contributed by atoms with E-state index in [0.717, 1.165) is 27.6 Å². The van der Waals surface area contributed by atoms with Gasteiger partial charge in [-0.05, 0) is 12.1 Å². The van der Waals surface area contributed by atoms with Crippen LogP contribution >= 0.6 is 0 Å². The summed E-state index contributed by atoms with van der Waals surface area (Å²) in [6.45, 7) is 5.68. The number of fused-ring (bicyclic) bond motifs is 3. The molecule has 0 fully saturated rings. The molecule has 0 aliphatic heterocycles. The van der Waals surface area contributed by atoms with Gasteiger partial charge in [0.2, 0.25) is 5.91 Å². The van der Waals surface area contributed by atoms with Gasteiger partial charge >= 0.3 is 0 Å². The topological polar surface area (TPSA) is 46.9 Å². The number of hydrogen-bond donors (Lipinski definition) is 1. The third kappa shape index (κ3) is 2.27. The van der Waals surface area contributed by atoms with Crippen LogP contribution in [0.1, 0.15) is 20.8 Å². The van der Waals surface area contributed by atoms with Crippen LogP contribution in [0, 0.1) is 5.41 Å². The van der Waals surface area contributed by atoms with Crippen LogP contribution in [0.2, 0.25) is 0 Å². The van der Waals surface area contributed by atoms with E-state index in [1.165, 1.54) is 0 Å². The fraction of sp³-hybridized carbons (Fsp3) is 0.294. The first-order valence-electron chi connectivity index (χ1n) is 7.02. The molecule has 2 heterocycles. The molecule has 0 aliphatic carbocycles. The second-order valence-corrected chi connectivity index (χ2v) is 6.37. The third-order valence-corrected chi connectivity index (χ3v) is 3.69. The maximum absolute atomic E-state index is 12.1. The van der Waals surface area contributed by atoms with Crippen LogP contribution in [0.4, 0.5) is 5.69 Å². The zero-order valence-electron chi connectivity index (χ0n) is 12.8. The number of aryl methyl sites for hydroxylation is 1. The number of nitrogens with one attached hydrogen (secondary N) is 1. The van der Waals surface area contributed by atoms with Crippen LogP contribution < -0.4 is 5.32 Å². The number of nitrogens with zero attached hydrogens (tertiary/aromatic N) is 2. The molecule has 0 aliphatic rings. The van der Waals surface area contributed by atoms with Crippen LogP contribution in [0.3, 0.4) is 0 Å². The molecule has 4 heteroatoms. The van der Waals surface area contributed by atoms with Crippen LogP contribution in [0.5, 0.6) is 0 Å². The monoisotopic (exact) mass is 281 g/mol. The Morgan fingerprint density at radius 3 is 2.62 bits per heavy atom. The maximum Gasteiger partial charge on any atom is 0.229 e. The van der Waals surface area contributed by atoms with Crippen LogP contribution in [0.15, 0.2) is 36.5 Å². The lowest BCUT2D eigenvalue weighted by atomic mass is 9.95. The summed E-state index contributed by atoms with van der Waals surface area (Å²) in [7, 11) is 2.02. The number of aromatic nitrogens is 2. The number of rotatable bonds is 1. The van der Waals surface area contributed by atoms with E-state index in [0.29, 0.717) is 0 Å². The Morgan fingerprint density at radius 2 is 1.90 bits per heavy atom. The van der Waals surface area contributed by atoms with E-state index >= 15 is 0 Å². The number of hydrogen-bond acceptors (Lipinski definition) is 2. The van der Waals surface area contributed by atoms with E-state index in [2.05, 4.69) is 27.0 Å². The molecule has 21 heavy (non-hydrogen) atoms. The van der Waals surface area contributed by atoms with Crippen molar-refractivity contribution in [2.75, 3.05) is 5.32 Å². The van der Waals surface area contributed by atoms with Crippen molar-refractivity contribution >= 4 is 33.5 Å². The highest BCUT2D eigenvalue weighted by Gasteiger charge is 2.21. The Morgan fingerprint density at radius 1 is 1.19 bits per heavy atom. The summed E-state index contributed by atoms with van der Waals surface area (Å²) < 4.78 is 2.10. The van der Waals surface area contributed by atoms with E-state index in [1.807, 2.05) is 46.0 Å². The molecule has 0 saturated heterocycles. The summed E-state index contributed by atoms with van der Waals surface area (Å²) in [4.78, 5) is 16.6. The molecule has 2 aromatic heterocycles. The Labute approximate surface area is 123 Å². The third-order valence-electron chi connectivity index (χ3n) is 3.69. The molecule has 0 atom stereocenters. The van der Waals surface area contributed by atoms with Crippen molar-refractivity contribution < 1.29 is 4.79 Å². The second-order valence-electron chi connectivity index (χ2n) is 6.37. The first kappa shape index (κ1) is 13.6. The van der Waals surface area contributed by atoms with Gasteiger partial charge < -0.3 is 9.88 Å². The molecule has 1 aromatic carbocycles. The average Bonchev–Trinajstić information content (AvgIpc) is 2.72. The van der Waals surface area contributed by atoms with Crippen LogP contribution in [-0.2, 0) is 11.8 Å². The number of amides is 1. The molecule has 3 rings (SSSR count). The van der Waals surface area contributed by atoms with Crippen molar-refractivity contribution in [3.63, 3.8) is 0 Å². The molecule has 1 N–H and O–H groups in total. The predicted molar refractivity (Wildman–Crippen MR) is 86.3 cm³/mol. The molecule has 1 amide bonds. The lowest BCUT2D eigenvalue weighted by Crippen LogP contribution is -2.27. The van der Waals surface area contributed by atoms with E-state index in [1.54, 1.807) is 6.20 Å². The summed E-state index contributed by atoms with van der Waals surface area (Å²) in [5, 5.41) is 4.06. The zero-order valence-corrected chi connectivity index (χ0v) is 12.8. The SMILES string of the molecule is Cn1c2ccccc2c2ncc(NC(=O)C(C)(C)C)cc21. The van der Waals surface area contributed by atoms with E-state index in [9.17, 15) is 4.79 Å². The lowest BCUT2D eigenvalue weighted by molar-refractivity contribution is -0.123. The van der Waals surface area contributed by atoms with Gasteiger partial charge in [0.15, 0.2) is 0 Å². The minimum atomic E-state index is -0.423. The molecule has 0 unspecified atom stereocenters. The summed E-state index contributed by atoms with van der Waals surface area (Å²) in [5.74, 6) is -0.0117. The van der Waals surface area contributed by atoms with Gasteiger partial charge in [-0.15, -0.1) is 0 Å². The van der Waals surface area contributed by atoms with Crippen molar-refractivity contribution in [3.05, 3.63) is 36.5 Å². The van der Waals surface area contributed by atoms with Crippen LogP contribution in [-0.4, -0.2) is 15.5 Å². The normalized spacial score (nSPS) is 12.0. The molecular formula is C17H19N3O. The molecule has 0 radical (unpaired) electrons. The number of para-hydroxylation sites is 1. The number of anilines is 1. The minimum absolute atomic E-state index is 0.0117. The lowest BCUT2D eigenvalue weighted by Gasteiger charge is -2.17. The standard InChI is InChI=1S/C17H19N3O/c1-17(2,3)16(21)19-11-9-14-15(18-10-11)12-7-5-6-8-13(12)20(14)4/h5-10H,1-4H3,(H,19,21). The number of pyridine rings is 1. The zero-order chi connectivity index (χ0) is 15.2. The smallest absolute Gasteiger partial charge is 0.229 e. The van der Waals surface area contributed by atoms with E-state index < -0.39 is 5.41 Å². The number of benzene rings is 1. The summed E-state index contributed by atoms with van der Waals surface area (Å²) in [6, 6.07) is 10.1. The van der Waals surface area contributed by atoms with Crippen molar-refractivity contribution in [1.29, 1.82) is 0 Å². The molecular weight excluding hydrogens is 262 g/mol. The van der Waals surface area contributed by atoms with Gasteiger partial charge in [0, 0.05) is 17.8 Å². The molecule has 0 bridgehead atoms. The summed E-state index contributed by atoms with van der Waals surface area (Å²) in [6.07, 6.45) is 1.72. The largest absolute Gasteiger partial charge is 0.342 e. The van der Waals surface area contributed by atoms with Gasteiger partial charge in [-0.1, -0.05) is 39.0 Å². The molecule has 0 saturated carbocycles. The van der Waals surface area contributed by atoms with Gasteiger partial charge in [-0.25, -0.2) is 0 Å². The Hall–Kier alpha value is -2.36. The minimum Gasteiger partial charge on any atom is -0.342 e. The van der Waals surface area contributed by atoms with Gasteiger partial charge in [-0.2, -0.15) is 0 Å². The van der Waals surface area contributed by atoms with Crippen molar-refractivity contribution in [1.82, 2.24) is 9.55 Å². The van der Waals surface area contributed by atoms with E-state index in [4.69, 9.17) is 0 Å². The molecule has 3 aromatic rings. The molecule has 108 valence electrons. The Balaban J connectivity index is 2.11. The number of carbonyl (C=O) groups excluding carboxylic acids is 1. The van der Waals surface area contributed by atoms with E-state index in [-0.39, 0.29) is 5.91 Å². The van der Waals surface area contributed by atoms with Crippen molar-refractivity contribution in [2.24, 2.45) is 12.5 Å². The fourth-order valence-electron chi connectivity index (χ4n) is 2.40. The average molecular weight is 281 g/mol. The van der Waals surface area contributed by atoms with Gasteiger partial charge in [0.25, 0.3) is 0 Å². The predicted octanol–water partition coefficient (Wildman–Crippen LogP) is 3.71.